The third-order valence-corrected chi connectivity index (χ3v) is 4.59. The van der Waals surface area contributed by atoms with Crippen molar-refractivity contribution in [2.75, 3.05) is 5.32 Å². The van der Waals surface area contributed by atoms with E-state index < -0.39 is 0 Å². The van der Waals surface area contributed by atoms with Gasteiger partial charge in [-0.15, -0.1) is 0 Å². The van der Waals surface area contributed by atoms with Crippen LogP contribution in [0.2, 0.25) is 0 Å². The van der Waals surface area contributed by atoms with Gasteiger partial charge in [0.25, 0.3) is 0 Å². The molecule has 0 saturated carbocycles. The van der Waals surface area contributed by atoms with E-state index in [0.717, 1.165) is 35.4 Å². The standard InChI is InChI=1S/C20H27N5/c1-4-6-7-8-9-16-10-15(5-2)17(12-21-16)24-20-11-19-18(13-22-20)23-14-25(19)3/h10-14H,4-9H2,1-3H3,(H,22,24). The zero-order chi connectivity index (χ0) is 17.6. The number of nitrogens with one attached hydrogen (secondary N) is 1. The van der Waals surface area contributed by atoms with E-state index in [1.165, 1.54) is 36.9 Å². The summed E-state index contributed by atoms with van der Waals surface area (Å²) in [7, 11) is 1.99. The molecule has 0 amide bonds. The van der Waals surface area contributed by atoms with Crippen molar-refractivity contribution in [3.63, 3.8) is 0 Å². The number of nitrogens with zero attached hydrogens (tertiary/aromatic N) is 4. The summed E-state index contributed by atoms with van der Waals surface area (Å²) >= 11 is 0. The highest BCUT2D eigenvalue weighted by molar-refractivity contribution is 5.78. The van der Waals surface area contributed by atoms with Crippen molar-refractivity contribution < 1.29 is 0 Å². The zero-order valence-corrected chi connectivity index (χ0v) is 15.4. The smallest absolute Gasteiger partial charge is 0.132 e. The largest absolute Gasteiger partial charge is 0.339 e. The summed E-state index contributed by atoms with van der Waals surface area (Å²) in [6.07, 6.45) is 12.7. The maximum Gasteiger partial charge on any atom is 0.132 e. The number of pyridine rings is 2. The molecule has 0 radical (unpaired) electrons. The number of hydrogen-bond acceptors (Lipinski definition) is 4. The van der Waals surface area contributed by atoms with E-state index in [4.69, 9.17) is 0 Å². The van der Waals surface area contributed by atoms with Gasteiger partial charge in [0.05, 0.1) is 29.9 Å². The lowest BCUT2D eigenvalue weighted by molar-refractivity contribution is 0.660. The number of imidazole rings is 1. The topological polar surface area (TPSA) is 55.6 Å². The number of unbranched alkanes of at least 4 members (excludes halogenated alkanes) is 3. The highest BCUT2D eigenvalue weighted by Gasteiger charge is 2.07. The van der Waals surface area contributed by atoms with Gasteiger partial charge in [-0.05, 0) is 30.9 Å². The maximum atomic E-state index is 4.64. The van der Waals surface area contributed by atoms with Crippen LogP contribution < -0.4 is 5.32 Å². The van der Waals surface area contributed by atoms with E-state index in [0.29, 0.717) is 0 Å². The van der Waals surface area contributed by atoms with Crippen molar-refractivity contribution in [3.8, 4) is 0 Å². The first-order valence-corrected chi connectivity index (χ1v) is 9.23. The average Bonchev–Trinajstić information content (AvgIpc) is 3.00. The van der Waals surface area contributed by atoms with Gasteiger partial charge in [-0.2, -0.15) is 0 Å². The van der Waals surface area contributed by atoms with Crippen LogP contribution in [0, 0.1) is 0 Å². The molecule has 0 aliphatic carbocycles. The van der Waals surface area contributed by atoms with Gasteiger partial charge in [-0.3, -0.25) is 4.98 Å². The summed E-state index contributed by atoms with van der Waals surface area (Å²) in [4.78, 5) is 13.4. The Labute approximate surface area is 149 Å². The number of fused-ring (bicyclic) bond motifs is 1. The molecular formula is C20H27N5. The summed E-state index contributed by atoms with van der Waals surface area (Å²) in [5.74, 6) is 0.822. The van der Waals surface area contributed by atoms with Crippen LogP contribution in [0.3, 0.4) is 0 Å². The molecule has 3 aromatic heterocycles. The van der Waals surface area contributed by atoms with Crippen molar-refractivity contribution in [3.05, 3.63) is 42.1 Å². The van der Waals surface area contributed by atoms with Gasteiger partial charge in [-0.1, -0.05) is 33.1 Å². The van der Waals surface area contributed by atoms with Gasteiger partial charge in [0.1, 0.15) is 11.3 Å². The molecule has 5 nitrogen and oxygen atoms in total. The van der Waals surface area contributed by atoms with E-state index in [-0.39, 0.29) is 0 Å². The highest BCUT2D eigenvalue weighted by Crippen LogP contribution is 2.23. The molecule has 3 rings (SSSR count). The fraction of sp³-hybridized carbons (Fsp3) is 0.450. The van der Waals surface area contributed by atoms with Crippen molar-refractivity contribution in [1.82, 2.24) is 19.5 Å². The fourth-order valence-electron chi connectivity index (χ4n) is 3.06. The second kappa shape index (κ2) is 8.10. The first-order valence-electron chi connectivity index (χ1n) is 9.23. The number of aromatic nitrogens is 4. The van der Waals surface area contributed by atoms with Crippen LogP contribution in [0.15, 0.2) is 30.9 Å². The van der Waals surface area contributed by atoms with E-state index in [1.807, 2.05) is 30.2 Å². The predicted molar refractivity (Wildman–Crippen MR) is 103 cm³/mol. The number of hydrogen-bond donors (Lipinski definition) is 1. The third kappa shape index (κ3) is 4.16. The van der Waals surface area contributed by atoms with Crippen LogP contribution in [0.5, 0.6) is 0 Å². The number of anilines is 2. The summed E-state index contributed by atoms with van der Waals surface area (Å²) < 4.78 is 2.00. The van der Waals surface area contributed by atoms with Gasteiger partial charge >= 0.3 is 0 Å². The SMILES string of the molecule is CCCCCCc1cc(CC)c(Nc2cc3c(cn2)ncn3C)cn1. The van der Waals surface area contributed by atoms with Crippen LogP contribution in [-0.4, -0.2) is 19.5 Å². The van der Waals surface area contributed by atoms with Crippen molar-refractivity contribution in [2.24, 2.45) is 7.05 Å². The van der Waals surface area contributed by atoms with Crippen molar-refractivity contribution in [2.45, 2.75) is 52.4 Å². The van der Waals surface area contributed by atoms with Crippen molar-refractivity contribution >= 4 is 22.5 Å². The van der Waals surface area contributed by atoms with Gasteiger partial charge in [0.15, 0.2) is 0 Å². The minimum Gasteiger partial charge on any atom is -0.339 e. The number of rotatable bonds is 8. The van der Waals surface area contributed by atoms with Crippen LogP contribution in [0.1, 0.15) is 50.8 Å². The highest BCUT2D eigenvalue weighted by atomic mass is 15.0. The summed E-state index contributed by atoms with van der Waals surface area (Å²) in [6, 6.07) is 4.26. The van der Waals surface area contributed by atoms with E-state index >= 15 is 0 Å². The minimum atomic E-state index is 0.822. The van der Waals surface area contributed by atoms with Gasteiger partial charge in [0, 0.05) is 18.8 Å². The monoisotopic (exact) mass is 337 g/mol. The molecule has 0 atom stereocenters. The molecule has 0 aliphatic rings. The Morgan fingerprint density at radius 2 is 1.88 bits per heavy atom. The molecular weight excluding hydrogens is 310 g/mol. The fourth-order valence-corrected chi connectivity index (χ4v) is 3.06. The molecule has 0 saturated heterocycles. The van der Waals surface area contributed by atoms with Crippen LogP contribution in [0.4, 0.5) is 11.5 Å². The third-order valence-electron chi connectivity index (χ3n) is 4.59. The molecule has 0 fully saturated rings. The Kier molecular flexibility index (Phi) is 5.64. The Hall–Kier alpha value is -2.43. The Morgan fingerprint density at radius 1 is 1.00 bits per heavy atom. The van der Waals surface area contributed by atoms with E-state index in [2.05, 4.69) is 40.2 Å². The predicted octanol–water partition coefficient (Wildman–Crippen LogP) is 4.79. The number of aryl methyl sites for hydroxylation is 3. The van der Waals surface area contributed by atoms with Crippen LogP contribution in [0.25, 0.3) is 11.0 Å². The van der Waals surface area contributed by atoms with Crippen LogP contribution >= 0.6 is 0 Å². The minimum absolute atomic E-state index is 0.822. The summed E-state index contributed by atoms with van der Waals surface area (Å²) in [5.41, 5.74) is 5.48. The van der Waals surface area contributed by atoms with E-state index in [1.54, 1.807) is 6.20 Å². The average molecular weight is 337 g/mol. The Balaban J connectivity index is 1.75. The Bertz CT molecular complexity index is 837. The molecule has 25 heavy (non-hydrogen) atoms. The molecule has 0 bridgehead atoms. The lowest BCUT2D eigenvalue weighted by Crippen LogP contribution is -2.01. The molecule has 0 unspecified atom stereocenters. The first-order chi connectivity index (χ1) is 12.2. The first kappa shape index (κ1) is 17.4. The van der Waals surface area contributed by atoms with Gasteiger partial charge in [0.2, 0.25) is 0 Å². The zero-order valence-electron chi connectivity index (χ0n) is 15.4. The van der Waals surface area contributed by atoms with Gasteiger partial charge in [-0.25, -0.2) is 9.97 Å². The molecule has 3 aromatic rings. The van der Waals surface area contributed by atoms with Crippen molar-refractivity contribution in [1.29, 1.82) is 0 Å². The lowest BCUT2D eigenvalue weighted by Gasteiger charge is -2.12. The molecule has 0 aromatic carbocycles. The molecule has 0 spiro atoms. The molecule has 132 valence electrons. The molecule has 5 heteroatoms. The van der Waals surface area contributed by atoms with Gasteiger partial charge < -0.3 is 9.88 Å². The second-order valence-electron chi connectivity index (χ2n) is 6.54. The second-order valence-corrected chi connectivity index (χ2v) is 6.54. The molecule has 0 aliphatic heterocycles. The quantitative estimate of drug-likeness (QED) is 0.600. The molecule has 3 heterocycles. The lowest BCUT2D eigenvalue weighted by atomic mass is 10.1. The summed E-state index contributed by atoms with van der Waals surface area (Å²) in [5, 5.41) is 3.42. The van der Waals surface area contributed by atoms with Crippen LogP contribution in [-0.2, 0) is 19.9 Å². The maximum absolute atomic E-state index is 4.64. The van der Waals surface area contributed by atoms with E-state index in [9.17, 15) is 0 Å². The summed E-state index contributed by atoms with van der Waals surface area (Å²) in [6.45, 7) is 4.42. The molecule has 1 N–H and O–H groups in total. The normalized spacial score (nSPS) is 11.2. The Morgan fingerprint density at radius 3 is 2.68 bits per heavy atom.